The Balaban J connectivity index is 1.05. The summed E-state index contributed by atoms with van der Waals surface area (Å²) in [5.41, 5.74) is 11.8. The van der Waals surface area contributed by atoms with E-state index in [1.54, 1.807) is 0 Å². The van der Waals surface area contributed by atoms with Gasteiger partial charge in [0, 0.05) is 49.6 Å². The van der Waals surface area contributed by atoms with Crippen molar-refractivity contribution in [1.29, 1.82) is 0 Å². The highest BCUT2D eigenvalue weighted by molar-refractivity contribution is 6.14. The normalized spacial score (nSPS) is 11.7. The standard InChI is InChI=1S/C55H35N5/c1-3-14-36(15-4-1)37-26-28-38(29-27-37)53-56-54(58-55(57-53)42-30-31-51-47(34-42)45-22-9-11-24-49(45)59(51)43-19-5-2-6-20-43)41-18-13-21-44(32-41)60-50-25-12-10-23-46(50)48-33-39-16-7-8-17-40(39)35-52(48)60/h1-35H. The van der Waals surface area contributed by atoms with Crippen molar-refractivity contribution in [2.24, 2.45) is 0 Å². The maximum Gasteiger partial charge on any atom is 0.164 e. The van der Waals surface area contributed by atoms with Crippen LogP contribution in [0.15, 0.2) is 212 Å². The molecule has 0 unspecified atom stereocenters. The molecule has 0 N–H and O–H groups in total. The summed E-state index contributed by atoms with van der Waals surface area (Å²) >= 11 is 0. The molecule has 0 amide bonds. The summed E-state index contributed by atoms with van der Waals surface area (Å²) in [6, 6.07) is 75.1. The fourth-order valence-electron chi connectivity index (χ4n) is 8.89. The highest BCUT2D eigenvalue weighted by Gasteiger charge is 2.18. The van der Waals surface area contributed by atoms with Crippen molar-refractivity contribution in [3.05, 3.63) is 212 Å². The molecule has 60 heavy (non-hydrogen) atoms. The first kappa shape index (κ1) is 33.9. The van der Waals surface area contributed by atoms with Crippen molar-refractivity contribution in [3.63, 3.8) is 0 Å². The van der Waals surface area contributed by atoms with E-state index >= 15 is 0 Å². The van der Waals surface area contributed by atoms with Crippen LogP contribution in [0.5, 0.6) is 0 Å². The van der Waals surface area contributed by atoms with Crippen LogP contribution in [0.1, 0.15) is 0 Å². The topological polar surface area (TPSA) is 48.5 Å². The molecule has 0 aliphatic carbocycles. The molecule has 0 saturated heterocycles. The number of benzene rings is 9. The fraction of sp³-hybridized carbons (Fsp3) is 0. The molecule has 3 aromatic heterocycles. The zero-order valence-electron chi connectivity index (χ0n) is 32.4. The molecule has 0 atom stereocenters. The lowest BCUT2D eigenvalue weighted by Crippen LogP contribution is -2.01. The summed E-state index contributed by atoms with van der Waals surface area (Å²) < 4.78 is 4.69. The van der Waals surface area contributed by atoms with Gasteiger partial charge in [0.2, 0.25) is 0 Å². The molecule has 9 aromatic carbocycles. The number of nitrogens with zero attached hydrogens (tertiary/aromatic N) is 5. The van der Waals surface area contributed by atoms with Crippen LogP contribution < -0.4 is 0 Å². The Morgan fingerprint density at radius 3 is 1.40 bits per heavy atom. The monoisotopic (exact) mass is 765 g/mol. The van der Waals surface area contributed by atoms with Crippen LogP contribution in [-0.2, 0) is 0 Å². The maximum atomic E-state index is 5.27. The zero-order valence-corrected chi connectivity index (χ0v) is 32.4. The van der Waals surface area contributed by atoms with E-state index in [0.29, 0.717) is 17.5 Å². The minimum Gasteiger partial charge on any atom is -0.309 e. The molecule has 12 aromatic rings. The average Bonchev–Trinajstić information content (AvgIpc) is 3.83. The molecule has 5 nitrogen and oxygen atoms in total. The van der Waals surface area contributed by atoms with Crippen LogP contribution in [-0.4, -0.2) is 24.1 Å². The van der Waals surface area contributed by atoms with Gasteiger partial charge in [0.05, 0.1) is 22.1 Å². The van der Waals surface area contributed by atoms with Gasteiger partial charge in [-0.25, -0.2) is 15.0 Å². The van der Waals surface area contributed by atoms with Crippen LogP contribution in [0.4, 0.5) is 0 Å². The van der Waals surface area contributed by atoms with E-state index in [0.717, 1.165) is 61.1 Å². The van der Waals surface area contributed by atoms with Crippen LogP contribution in [0.3, 0.4) is 0 Å². The second-order valence-corrected chi connectivity index (χ2v) is 15.3. The van der Waals surface area contributed by atoms with Crippen LogP contribution in [0, 0.1) is 0 Å². The first-order valence-electron chi connectivity index (χ1n) is 20.3. The Morgan fingerprint density at radius 1 is 0.250 bits per heavy atom. The van der Waals surface area contributed by atoms with Gasteiger partial charge in [-0.2, -0.15) is 0 Å². The van der Waals surface area contributed by atoms with Gasteiger partial charge in [0.15, 0.2) is 17.5 Å². The molecular formula is C55H35N5. The Morgan fingerprint density at radius 2 is 0.700 bits per heavy atom. The van der Waals surface area contributed by atoms with Gasteiger partial charge in [-0.1, -0.05) is 146 Å². The van der Waals surface area contributed by atoms with E-state index in [4.69, 9.17) is 15.0 Å². The predicted octanol–water partition coefficient (Wildman–Crippen LogP) is 13.9. The zero-order chi connectivity index (χ0) is 39.6. The van der Waals surface area contributed by atoms with Gasteiger partial charge in [-0.15, -0.1) is 0 Å². The van der Waals surface area contributed by atoms with Gasteiger partial charge in [0.25, 0.3) is 0 Å². The minimum atomic E-state index is 0.613. The molecule has 5 heteroatoms. The summed E-state index contributed by atoms with van der Waals surface area (Å²) in [5, 5.41) is 7.20. The van der Waals surface area contributed by atoms with Gasteiger partial charge in [0.1, 0.15) is 0 Å². The highest BCUT2D eigenvalue weighted by atomic mass is 15.0. The lowest BCUT2D eigenvalue weighted by molar-refractivity contribution is 1.07. The Labute approximate surface area is 346 Å². The van der Waals surface area contributed by atoms with Gasteiger partial charge in [-0.05, 0) is 88.6 Å². The van der Waals surface area contributed by atoms with Crippen molar-refractivity contribution in [2.75, 3.05) is 0 Å². The van der Waals surface area contributed by atoms with E-state index in [1.807, 2.05) is 6.07 Å². The summed E-state index contributed by atoms with van der Waals surface area (Å²) in [6.07, 6.45) is 0. The summed E-state index contributed by atoms with van der Waals surface area (Å²) in [4.78, 5) is 15.7. The third kappa shape index (κ3) is 5.59. The number of aromatic nitrogens is 5. The highest BCUT2D eigenvalue weighted by Crippen LogP contribution is 2.38. The van der Waals surface area contributed by atoms with Gasteiger partial charge in [-0.3, -0.25) is 0 Å². The maximum absolute atomic E-state index is 5.27. The summed E-state index contributed by atoms with van der Waals surface area (Å²) in [7, 11) is 0. The minimum absolute atomic E-state index is 0.613. The summed E-state index contributed by atoms with van der Waals surface area (Å²) in [6.45, 7) is 0. The van der Waals surface area contributed by atoms with E-state index in [-0.39, 0.29) is 0 Å². The van der Waals surface area contributed by atoms with E-state index in [2.05, 4.69) is 215 Å². The van der Waals surface area contributed by atoms with Crippen LogP contribution in [0.25, 0.3) is 111 Å². The largest absolute Gasteiger partial charge is 0.309 e. The van der Waals surface area contributed by atoms with Crippen molar-refractivity contribution in [3.8, 4) is 56.7 Å². The molecule has 3 heterocycles. The van der Waals surface area contributed by atoms with Crippen LogP contribution >= 0.6 is 0 Å². The van der Waals surface area contributed by atoms with Crippen molar-refractivity contribution < 1.29 is 0 Å². The van der Waals surface area contributed by atoms with E-state index in [1.165, 1.54) is 32.5 Å². The Bertz CT molecular complexity index is 3580. The van der Waals surface area contributed by atoms with E-state index in [9.17, 15) is 0 Å². The lowest BCUT2D eigenvalue weighted by Gasteiger charge is -2.12. The second kappa shape index (κ2) is 13.8. The molecule has 0 spiro atoms. The second-order valence-electron chi connectivity index (χ2n) is 15.3. The fourth-order valence-corrected chi connectivity index (χ4v) is 8.89. The van der Waals surface area contributed by atoms with Crippen molar-refractivity contribution >= 4 is 54.4 Å². The number of fused-ring (bicyclic) bond motifs is 7. The lowest BCUT2D eigenvalue weighted by atomic mass is 10.0. The average molecular weight is 766 g/mol. The first-order chi connectivity index (χ1) is 29.7. The van der Waals surface area contributed by atoms with E-state index < -0.39 is 0 Å². The Hall–Kier alpha value is -8.15. The molecule has 0 fully saturated rings. The number of rotatable bonds is 6. The SMILES string of the molecule is c1ccc(-c2ccc(-c3nc(-c4cccc(-n5c6ccccc6c6cc7ccccc7cc65)c4)nc(-c4ccc5c(c4)c4ccccc4n5-c4ccccc4)n3)cc2)cc1. The number of hydrogen-bond donors (Lipinski definition) is 0. The van der Waals surface area contributed by atoms with Crippen molar-refractivity contribution in [1.82, 2.24) is 24.1 Å². The molecule has 0 radical (unpaired) electrons. The van der Waals surface area contributed by atoms with Crippen molar-refractivity contribution in [2.45, 2.75) is 0 Å². The number of para-hydroxylation sites is 3. The molecule has 0 bridgehead atoms. The third-order valence-corrected chi connectivity index (χ3v) is 11.7. The molecule has 280 valence electrons. The third-order valence-electron chi connectivity index (χ3n) is 11.7. The molecule has 0 saturated carbocycles. The number of hydrogen-bond acceptors (Lipinski definition) is 3. The first-order valence-corrected chi connectivity index (χ1v) is 20.3. The summed E-state index contributed by atoms with van der Waals surface area (Å²) in [5.74, 6) is 1.85. The molecule has 0 aliphatic heterocycles. The van der Waals surface area contributed by atoms with Gasteiger partial charge >= 0.3 is 0 Å². The van der Waals surface area contributed by atoms with Gasteiger partial charge < -0.3 is 9.13 Å². The quantitative estimate of drug-likeness (QED) is 0.169. The molecule has 0 aliphatic rings. The Kier molecular flexibility index (Phi) is 7.78. The smallest absolute Gasteiger partial charge is 0.164 e. The molecule has 12 rings (SSSR count). The molecular weight excluding hydrogens is 731 g/mol. The predicted molar refractivity (Wildman–Crippen MR) is 248 cm³/mol. The van der Waals surface area contributed by atoms with Crippen LogP contribution in [0.2, 0.25) is 0 Å².